The van der Waals surface area contributed by atoms with Crippen molar-refractivity contribution in [2.24, 2.45) is 0 Å². The Hall–Kier alpha value is -3.88. The number of non-ortho nitro benzene ring substituents is 1. The summed E-state index contributed by atoms with van der Waals surface area (Å²) in [4.78, 5) is 43.6. The van der Waals surface area contributed by atoms with Gasteiger partial charge in [-0.3, -0.25) is 19.9 Å². The molecule has 0 saturated carbocycles. The van der Waals surface area contributed by atoms with Gasteiger partial charge in [0.25, 0.3) is 11.6 Å². The molecule has 0 aliphatic rings. The minimum atomic E-state index is -1.02. The third kappa shape index (κ3) is 4.26. The fourth-order valence-corrected chi connectivity index (χ4v) is 2.64. The normalized spacial score (nSPS) is 11.6. The summed E-state index contributed by atoms with van der Waals surface area (Å²) in [5, 5.41) is 13.4. The number of ether oxygens (including phenoxy) is 1. The number of hydrogen-bond donors (Lipinski definition) is 1. The van der Waals surface area contributed by atoms with E-state index in [1.165, 1.54) is 31.5 Å². The Kier molecular flexibility index (Phi) is 5.54. The van der Waals surface area contributed by atoms with E-state index in [9.17, 15) is 19.7 Å². The highest BCUT2D eigenvalue weighted by molar-refractivity contribution is 5.97. The van der Waals surface area contributed by atoms with Crippen LogP contribution in [0.2, 0.25) is 0 Å². The van der Waals surface area contributed by atoms with Crippen LogP contribution < -0.4 is 5.32 Å². The fourth-order valence-electron chi connectivity index (χ4n) is 2.64. The van der Waals surface area contributed by atoms with Gasteiger partial charge >= 0.3 is 5.97 Å². The standard InChI is InChI=1S/C19H16N4O5/c1-28-19(25)17(10-13-11-20-15-7-2-3-8-16(15)21-13)22-18(24)12-5-4-6-14(9-12)23(26)27/h2-9,11,17H,10H2,1H3,(H,22,24)/t17-/m1/s1. The molecule has 0 radical (unpaired) electrons. The second kappa shape index (κ2) is 8.21. The van der Waals surface area contributed by atoms with Crippen LogP contribution in [-0.4, -0.2) is 39.9 Å². The fraction of sp³-hybridized carbons (Fsp3) is 0.158. The molecule has 0 aliphatic carbocycles. The summed E-state index contributed by atoms with van der Waals surface area (Å²) in [5.41, 5.74) is 1.71. The van der Waals surface area contributed by atoms with Crippen LogP contribution >= 0.6 is 0 Å². The van der Waals surface area contributed by atoms with E-state index in [0.717, 1.165) is 6.07 Å². The van der Waals surface area contributed by atoms with Crippen molar-refractivity contribution in [1.82, 2.24) is 15.3 Å². The molecule has 0 saturated heterocycles. The van der Waals surface area contributed by atoms with Gasteiger partial charge in [0.1, 0.15) is 6.04 Å². The summed E-state index contributed by atoms with van der Waals surface area (Å²) in [6.45, 7) is 0. The highest BCUT2D eigenvalue weighted by Gasteiger charge is 2.24. The zero-order valence-corrected chi connectivity index (χ0v) is 14.9. The number of rotatable bonds is 6. The van der Waals surface area contributed by atoms with Crippen molar-refractivity contribution in [2.75, 3.05) is 7.11 Å². The van der Waals surface area contributed by atoms with E-state index in [4.69, 9.17) is 4.74 Å². The SMILES string of the molecule is COC(=O)[C@@H](Cc1cnc2ccccc2n1)NC(=O)c1cccc([N+](=O)[O-])c1. The van der Waals surface area contributed by atoms with Gasteiger partial charge in [-0.1, -0.05) is 18.2 Å². The highest BCUT2D eigenvalue weighted by atomic mass is 16.6. The van der Waals surface area contributed by atoms with Crippen LogP contribution in [0.5, 0.6) is 0 Å². The maximum atomic E-state index is 12.5. The largest absolute Gasteiger partial charge is 0.467 e. The summed E-state index contributed by atoms with van der Waals surface area (Å²) < 4.78 is 4.76. The molecule has 9 heteroatoms. The van der Waals surface area contributed by atoms with E-state index in [-0.39, 0.29) is 17.7 Å². The first-order valence-electron chi connectivity index (χ1n) is 8.31. The molecule has 2 aromatic carbocycles. The maximum absolute atomic E-state index is 12.5. The van der Waals surface area contributed by atoms with Crippen molar-refractivity contribution >= 4 is 28.6 Å². The third-order valence-electron chi connectivity index (χ3n) is 4.02. The number of para-hydroxylation sites is 2. The predicted molar refractivity (Wildman–Crippen MR) is 99.6 cm³/mol. The van der Waals surface area contributed by atoms with Gasteiger partial charge in [-0.2, -0.15) is 0 Å². The molecule has 0 aliphatic heterocycles. The number of benzene rings is 2. The molecule has 1 amide bonds. The summed E-state index contributed by atoms with van der Waals surface area (Å²) >= 11 is 0. The van der Waals surface area contributed by atoms with Crippen LogP contribution in [0.1, 0.15) is 16.1 Å². The van der Waals surface area contributed by atoms with E-state index < -0.39 is 22.8 Å². The maximum Gasteiger partial charge on any atom is 0.328 e. The molecule has 9 nitrogen and oxygen atoms in total. The van der Waals surface area contributed by atoms with Crippen LogP contribution in [0.3, 0.4) is 0 Å². The number of hydrogen-bond acceptors (Lipinski definition) is 7. The molecule has 1 aromatic heterocycles. The number of fused-ring (bicyclic) bond motifs is 1. The molecule has 3 aromatic rings. The molecular weight excluding hydrogens is 364 g/mol. The average molecular weight is 380 g/mol. The van der Waals surface area contributed by atoms with Gasteiger partial charge in [0, 0.05) is 30.3 Å². The van der Waals surface area contributed by atoms with Crippen molar-refractivity contribution in [3.8, 4) is 0 Å². The van der Waals surface area contributed by atoms with Gasteiger partial charge < -0.3 is 10.1 Å². The number of esters is 1. The van der Waals surface area contributed by atoms with Crippen molar-refractivity contribution in [3.05, 3.63) is 76.1 Å². The Morgan fingerprint density at radius 3 is 2.64 bits per heavy atom. The third-order valence-corrected chi connectivity index (χ3v) is 4.02. The number of carbonyl (C=O) groups is 2. The lowest BCUT2D eigenvalue weighted by Crippen LogP contribution is -2.43. The van der Waals surface area contributed by atoms with E-state index in [1.54, 1.807) is 6.07 Å². The topological polar surface area (TPSA) is 124 Å². The Balaban J connectivity index is 1.81. The summed E-state index contributed by atoms with van der Waals surface area (Å²) in [7, 11) is 1.21. The quantitative estimate of drug-likeness (QED) is 0.394. The number of amides is 1. The number of nitrogens with zero attached hydrogens (tertiary/aromatic N) is 3. The number of nitro groups is 1. The molecule has 0 unspecified atom stereocenters. The van der Waals surface area contributed by atoms with Gasteiger partial charge in [0.05, 0.1) is 28.8 Å². The van der Waals surface area contributed by atoms with Crippen LogP contribution in [0, 0.1) is 10.1 Å². The monoisotopic (exact) mass is 380 g/mol. The van der Waals surface area contributed by atoms with Gasteiger partial charge in [-0.05, 0) is 18.2 Å². The molecule has 3 rings (SSSR count). The van der Waals surface area contributed by atoms with E-state index in [1.807, 2.05) is 18.2 Å². The summed E-state index contributed by atoms with van der Waals surface area (Å²) in [5.74, 6) is -1.29. The van der Waals surface area contributed by atoms with Crippen molar-refractivity contribution in [1.29, 1.82) is 0 Å². The molecule has 1 N–H and O–H groups in total. The van der Waals surface area contributed by atoms with E-state index >= 15 is 0 Å². The van der Waals surface area contributed by atoms with Crippen molar-refractivity contribution < 1.29 is 19.2 Å². The Bertz CT molecular complexity index is 1050. The predicted octanol–water partition coefficient (Wildman–Crippen LogP) is 2.05. The smallest absolute Gasteiger partial charge is 0.328 e. The molecule has 1 atom stereocenters. The Morgan fingerprint density at radius 2 is 1.93 bits per heavy atom. The van der Waals surface area contributed by atoms with Crippen LogP contribution in [0.4, 0.5) is 5.69 Å². The van der Waals surface area contributed by atoms with Crippen molar-refractivity contribution in [3.63, 3.8) is 0 Å². The zero-order chi connectivity index (χ0) is 20.1. The van der Waals surface area contributed by atoms with Gasteiger partial charge in [-0.15, -0.1) is 0 Å². The second-order valence-electron chi connectivity index (χ2n) is 5.91. The zero-order valence-electron chi connectivity index (χ0n) is 14.9. The lowest BCUT2D eigenvalue weighted by atomic mass is 10.1. The van der Waals surface area contributed by atoms with Gasteiger partial charge in [0.15, 0.2) is 0 Å². The lowest BCUT2D eigenvalue weighted by molar-refractivity contribution is -0.384. The number of aromatic nitrogens is 2. The number of nitro benzene ring substituents is 1. The summed E-state index contributed by atoms with van der Waals surface area (Å²) in [6.07, 6.45) is 1.59. The van der Waals surface area contributed by atoms with E-state index in [2.05, 4.69) is 15.3 Å². The van der Waals surface area contributed by atoms with Crippen LogP contribution in [0.15, 0.2) is 54.7 Å². The Morgan fingerprint density at radius 1 is 1.18 bits per heavy atom. The Labute approximate surface area is 159 Å². The summed E-state index contributed by atoms with van der Waals surface area (Å²) in [6, 6.07) is 11.5. The van der Waals surface area contributed by atoms with Crippen LogP contribution in [-0.2, 0) is 16.0 Å². The molecule has 1 heterocycles. The highest BCUT2D eigenvalue weighted by Crippen LogP contribution is 2.14. The molecule has 0 bridgehead atoms. The number of methoxy groups -OCH3 is 1. The first kappa shape index (κ1) is 18.9. The first-order chi connectivity index (χ1) is 13.5. The molecule has 28 heavy (non-hydrogen) atoms. The van der Waals surface area contributed by atoms with E-state index in [0.29, 0.717) is 16.7 Å². The molecule has 0 spiro atoms. The molecule has 0 fully saturated rings. The van der Waals surface area contributed by atoms with Gasteiger partial charge in [0.2, 0.25) is 0 Å². The minimum Gasteiger partial charge on any atom is -0.467 e. The van der Waals surface area contributed by atoms with Crippen molar-refractivity contribution in [2.45, 2.75) is 12.5 Å². The lowest BCUT2D eigenvalue weighted by Gasteiger charge is -2.16. The molecular formula is C19H16N4O5. The second-order valence-corrected chi connectivity index (χ2v) is 5.91. The minimum absolute atomic E-state index is 0.0607. The van der Waals surface area contributed by atoms with Gasteiger partial charge in [-0.25, -0.2) is 9.78 Å². The number of nitrogens with one attached hydrogen (secondary N) is 1. The number of carbonyl (C=O) groups excluding carboxylic acids is 2. The average Bonchev–Trinajstić information content (AvgIpc) is 2.72. The first-order valence-corrected chi connectivity index (χ1v) is 8.31. The van der Waals surface area contributed by atoms with Crippen LogP contribution in [0.25, 0.3) is 11.0 Å². The molecule has 142 valence electrons.